The molecule has 1 amide bonds. The van der Waals surface area contributed by atoms with E-state index in [1.54, 1.807) is 18.5 Å². The first-order valence-corrected chi connectivity index (χ1v) is 10.8. The lowest BCUT2D eigenvalue weighted by Gasteiger charge is -2.19. The van der Waals surface area contributed by atoms with Crippen LogP contribution in [0.4, 0.5) is 5.13 Å². The van der Waals surface area contributed by atoms with Gasteiger partial charge < -0.3 is 9.47 Å². The molecule has 3 aromatic heterocycles. The van der Waals surface area contributed by atoms with E-state index in [1.165, 1.54) is 11.3 Å². The van der Waals surface area contributed by atoms with E-state index in [2.05, 4.69) is 15.4 Å². The number of carbonyl (C=O) groups excluding carboxylic acids is 1. The summed E-state index contributed by atoms with van der Waals surface area (Å²) < 4.78 is 13.2. The van der Waals surface area contributed by atoms with Crippen LogP contribution in [-0.2, 0) is 0 Å². The van der Waals surface area contributed by atoms with Crippen LogP contribution in [0.1, 0.15) is 35.1 Å². The monoisotopic (exact) mass is 435 g/mol. The maximum atomic E-state index is 13.2. The van der Waals surface area contributed by atoms with E-state index in [-0.39, 0.29) is 11.9 Å². The molecule has 4 heterocycles. The molecule has 0 radical (unpaired) electrons. The zero-order chi connectivity index (χ0) is 21.5. The van der Waals surface area contributed by atoms with E-state index in [0.29, 0.717) is 52.1 Å². The molecule has 5 rings (SSSR count). The minimum atomic E-state index is -0.246. The van der Waals surface area contributed by atoms with Gasteiger partial charge in [-0.2, -0.15) is 5.10 Å². The maximum Gasteiger partial charge on any atom is 0.258 e. The van der Waals surface area contributed by atoms with E-state index in [1.807, 2.05) is 43.7 Å². The fourth-order valence-corrected chi connectivity index (χ4v) is 4.17. The summed E-state index contributed by atoms with van der Waals surface area (Å²) in [4.78, 5) is 23.3. The van der Waals surface area contributed by atoms with Crippen molar-refractivity contribution in [1.29, 1.82) is 0 Å². The number of hydrogen-bond acceptors (Lipinski definition) is 7. The number of thiazole rings is 1. The number of anilines is 1. The first-order valence-electron chi connectivity index (χ1n) is 10.0. The number of carbonyl (C=O) groups is 1. The number of aryl methyl sites for hydroxylation is 1. The molecule has 0 unspecified atom stereocenters. The molecule has 0 saturated carbocycles. The summed E-state index contributed by atoms with van der Waals surface area (Å²) >= 11 is 1.43. The number of aromatic nitrogens is 4. The van der Waals surface area contributed by atoms with Gasteiger partial charge in [-0.15, -0.1) is 11.3 Å². The fraction of sp³-hybridized carbons (Fsp3) is 0.273. The van der Waals surface area contributed by atoms with Crippen molar-refractivity contribution in [1.82, 2.24) is 19.7 Å². The number of pyridine rings is 1. The quantitative estimate of drug-likeness (QED) is 0.509. The van der Waals surface area contributed by atoms with Gasteiger partial charge in [-0.1, -0.05) is 0 Å². The van der Waals surface area contributed by atoms with Gasteiger partial charge in [0.2, 0.25) is 0 Å². The van der Waals surface area contributed by atoms with Crippen LogP contribution in [0.3, 0.4) is 0 Å². The van der Waals surface area contributed by atoms with Gasteiger partial charge >= 0.3 is 0 Å². The first kappa shape index (κ1) is 19.5. The normalized spacial score (nSPS) is 13.0. The molecule has 1 aliphatic heterocycles. The van der Waals surface area contributed by atoms with Crippen molar-refractivity contribution in [2.24, 2.45) is 0 Å². The Bertz CT molecular complexity index is 1290. The highest BCUT2D eigenvalue weighted by Crippen LogP contribution is 2.35. The Hall–Kier alpha value is -3.46. The van der Waals surface area contributed by atoms with Crippen molar-refractivity contribution in [3.63, 3.8) is 0 Å². The molecular formula is C22H21N5O3S. The van der Waals surface area contributed by atoms with Gasteiger partial charge in [-0.3, -0.25) is 10.1 Å². The average Bonchev–Trinajstić information content (AvgIpc) is 3.38. The number of rotatable bonds is 4. The third kappa shape index (κ3) is 3.61. The predicted molar refractivity (Wildman–Crippen MR) is 119 cm³/mol. The minimum absolute atomic E-state index is 0.0954. The van der Waals surface area contributed by atoms with Crippen molar-refractivity contribution >= 4 is 33.4 Å². The first-order chi connectivity index (χ1) is 15.0. The van der Waals surface area contributed by atoms with Crippen LogP contribution in [0.5, 0.6) is 11.5 Å². The molecule has 0 fully saturated rings. The largest absolute Gasteiger partial charge is 0.486 e. The number of nitrogens with one attached hydrogen (secondary N) is 1. The third-order valence-corrected chi connectivity index (χ3v) is 5.81. The molecule has 0 atom stereocenters. The number of nitrogens with zero attached hydrogens (tertiary/aromatic N) is 4. The summed E-state index contributed by atoms with van der Waals surface area (Å²) in [5.74, 6) is 1.14. The van der Waals surface area contributed by atoms with Crippen LogP contribution in [0.25, 0.3) is 22.3 Å². The lowest BCUT2D eigenvalue weighted by atomic mass is 10.1. The zero-order valence-electron chi connectivity index (χ0n) is 17.4. The van der Waals surface area contributed by atoms with E-state index < -0.39 is 0 Å². The third-order valence-electron chi connectivity index (χ3n) is 4.98. The van der Waals surface area contributed by atoms with Gasteiger partial charge in [0.15, 0.2) is 22.3 Å². The Morgan fingerprint density at radius 1 is 1.16 bits per heavy atom. The van der Waals surface area contributed by atoms with Gasteiger partial charge in [0, 0.05) is 22.7 Å². The van der Waals surface area contributed by atoms with Crippen LogP contribution in [0.15, 0.2) is 36.7 Å². The maximum absolute atomic E-state index is 13.2. The molecule has 1 N–H and O–H groups in total. The molecule has 9 heteroatoms. The van der Waals surface area contributed by atoms with Crippen molar-refractivity contribution in [2.75, 3.05) is 18.5 Å². The molecule has 4 aromatic rings. The topological polar surface area (TPSA) is 91.2 Å². The van der Waals surface area contributed by atoms with Gasteiger partial charge in [-0.05, 0) is 45.0 Å². The van der Waals surface area contributed by atoms with E-state index >= 15 is 0 Å². The molecule has 0 bridgehead atoms. The highest BCUT2D eigenvalue weighted by atomic mass is 32.1. The Morgan fingerprint density at radius 3 is 2.71 bits per heavy atom. The second-order valence-electron chi connectivity index (χ2n) is 7.56. The van der Waals surface area contributed by atoms with Crippen LogP contribution < -0.4 is 14.8 Å². The molecule has 158 valence electrons. The van der Waals surface area contributed by atoms with Crippen LogP contribution >= 0.6 is 11.3 Å². The zero-order valence-corrected chi connectivity index (χ0v) is 18.2. The molecule has 1 aromatic carbocycles. The molecular weight excluding hydrogens is 414 g/mol. The lowest BCUT2D eigenvalue weighted by Crippen LogP contribution is -2.15. The molecule has 0 spiro atoms. The van der Waals surface area contributed by atoms with Gasteiger partial charge in [-0.25, -0.2) is 14.6 Å². The van der Waals surface area contributed by atoms with E-state index in [0.717, 1.165) is 10.4 Å². The average molecular weight is 436 g/mol. The summed E-state index contributed by atoms with van der Waals surface area (Å²) in [6, 6.07) is 7.57. The summed E-state index contributed by atoms with van der Waals surface area (Å²) in [5, 5.41) is 8.62. The van der Waals surface area contributed by atoms with Gasteiger partial charge in [0.25, 0.3) is 5.91 Å². The number of benzene rings is 1. The van der Waals surface area contributed by atoms with Gasteiger partial charge in [0.1, 0.15) is 13.2 Å². The van der Waals surface area contributed by atoms with Crippen LogP contribution in [0.2, 0.25) is 0 Å². The second kappa shape index (κ2) is 7.66. The SMILES string of the molecule is Cc1cnc(NC(=O)c2cc(-c3ccc4c(c3)OCCO4)nc3c2cnn3C(C)C)s1. The number of hydrogen-bond donors (Lipinski definition) is 1. The Morgan fingerprint density at radius 2 is 1.97 bits per heavy atom. The summed E-state index contributed by atoms with van der Waals surface area (Å²) in [6.07, 6.45) is 3.43. The fourth-order valence-electron chi connectivity index (χ4n) is 3.51. The van der Waals surface area contributed by atoms with Gasteiger partial charge in [0.05, 0.1) is 22.8 Å². The molecule has 0 aliphatic carbocycles. The number of fused-ring (bicyclic) bond motifs is 2. The standard InChI is InChI=1S/C22H21N5O3S/c1-12(2)27-20-16(11-24-27)15(21(28)26-22-23-10-13(3)31-22)9-17(25-20)14-4-5-18-19(8-14)30-7-6-29-18/h4-5,8-12H,6-7H2,1-3H3,(H,23,26,28). The predicted octanol–water partition coefficient (Wildman–Crippen LogP) is 4.47. The highest BCUT2D eigenvalue weighted by Gasteiger charge is 2.20. The van der Waals surface area contributed by atoms with Crippen molar-refractivity contribution < 1.29 is 14.3 Å². The highest BCUT2D eigenvalue weighted by molar-refractivity contribution is 7.15. The molecule has 0 saturated heterocycles. The molecule has 31 heavy (non-hydrogen) atoms. The van der Waals surface area contributed by atoms with E-state index in [4.69, 9.17) is 14.5 Å². The molecule has 8 nitrogen and oxygen atoms in total. The van der Waals surface area contributed by atoms with E-state index in [9.17, 15) is 4.79 Å². The van der Waals surface area contributed by atoms with Crippen molar-refractivity contribution in [2.45, 2.75) is 26.8 Å². The van der Waals surface area contributed by atoms with Crippen molar-refractivity contribution in [3.05, 3.63) is 47.1 Å². The summed E-state index contributed by atoms with van der Waals surface area (Å²) in [7, 11) is 0. The van der Waals surface area contributed by atoms with Crippen molar-refractivity contribution in [3.8, 4) is 22.8 Å². The smallest absolute Gasteiger partial charge is 0.258 e. The Labute approximate surface area is 182 Å². The molecule has 1 aliphatic rings. The second-order valence-corrected chi connectivity index (χ2v) is 8.80. The lowest BCUT2D eigenvalue weighted by molar-refractivity contribution is 0.102. The summed E-state index contributed by atoms with van der Waals surface area (Å²) in [5.41, 5.74) is 2.65. The Kier molecular flexibility index (Phi) is 4.82. The Balaban J connectivity index is 1.63. The van der Waals surface area contributed by atoms with Crippen LogP contribution in [-0.4, -0.2) is 38.9 Å². The summed E-state index contributed by atoms with van der Waals surface area (Å²) in [6.45, 7) is 7.05. The number of ether oxygens (including phenoxy) is 2. The van der Waals surface area contributed by atoms with Crippen LogP contribution in [0, 0.1) is 6.92 Å². The minimum Gasteiger partial charge on any atom is -0.486 e. The number of amides is 1.